The highest BCUT2D eigenvalue weighted by Crippen LogP contribution is 2.32. The Morgan fingerprint density at radius 1 is 1.00 bits per heavy atom. The topological polar surface area (TPSA) is 61.4 Å². The monoisotopic (exact) mass is 373 g/mol. The highest BCUT2D eigenvalue weighted by molar-refractivity contribution is 6.34. The summed E-state index contributed by atoms with van der Waals surface area (Å²) in [6, 6.07) is 12.2. The molecule has 2 aromatic carbocycles. The third-order valence-corrected chi connectivity index (χ3v) is 4.05. The number of amides is 2. The molecule has 2 N–H and O–H groups in total. The Kier molecular flexibility index (Phi) is 5.93. The highest BCUT2D eigenvalue weighted by Gasteiger charge is 2.21. The molecule has 0 heterocycles. The first-order valence-electron chi connectivity index (χ1n) is 8.28. The van der Waals surface area contributed by atoms with Crippen molar-refractivity contribution in [1.82, 2.24) is 0 Å². The highest BCUT2D eigenvalue weighted by atomic mass is 35.5. The van der Waals surface area contributed by atoms with Crippen molar-refractivity contribution in [2.24, 2.45) is 5.41 Å². The Hall–Kier alpha value is -2.53. The Morgan fingerprint density at radius 3 is 2.27 bits per heavy atom. The van der Waals surface area contributed by atoms with Crippen LogP contribution in [0.15, 0.2) is 42.5 Å². The maximum Gasteiger partial charge on any atom is 0.255 e. The van der Waals surface area contributed by atoms with Crippen LogP contribution in [-0.4, -0.2) is 25.9 Å². The first-order valence-corrected chi connectivity index (χ1v) is 8.66. The van der Waals surface area contributed by atoms with Gasteiger partial charge in [-0.05, 0) is 30.3 Å². The zero-order valence-electron chi connectivity index (χ0n) is 15.7. The van der Waals surface area contributed by atoms with Gasteiger partial charge in [-0.3, -0.25) is 9.59 Å². The van der Waals surface area contributed by atoms with Gasteiger partial charge in [-0.15, -0.1) is 0 Å². The molecule has 0 radical (unpaired) electrons. The fourth-order valence-electron chi connectivity index (χ4n) is 2.32. The molecule has 2 rings (SSSR count). The third kappa shape index (κ3) is 4.76. The van der Waals surface area contributed by atoms with E-state index in [1.165, 1.54) is 0 Å². The Labute approximate surface area is 159 Å². The summed E-state index contributed by atoms with van der Waals surface area (Å²) in [7, 11) is 3.72. The van der Waals surface area contributed by atoms with Gasteiger partial charge in [0.1, 0.15) is 0 Å². The summed E-state index contributed by atoms with van der Waals surface area (Å²) in [4.78, 5) is 26.6. The summed E-state index contributed by atoms with van der Waals surface area (Å²) >= 11 is 6.24. The van der Waals surface area contributed by atoms with Gasteiger partial charge in [-0.2, -0.15) is 0 Å². The number of para-hydroxylation sites is 1. The van der Waals surface area contributed by atoms with Gasteiger partial charge >= 0.3 is 0 Å². The molecule has 138 valence electrons. The third-order valence-electron chi connectivity index (χ3n) is 3.75. The molecule has 0 aliphatic rings. The summed E-state index contributed by atoms with van der Waals surface area (Å²) in [5.74, 6) is -0.387. The zero-order valence-corrected chi connectivity index (χ0v) is 16.4. The minimum atomic E-state index is -0.514. The minimum absolute atomic E-state index is 0.111. The summed E-state index contributed by atoms with van der Waals surface area (Å²) in [6.07, 6.45) is 0. The second-order valence-corrected chi connectivity index (χ2v) is 7.68. The van der Waals surface area contributed by atoms with Crippen LogP contribution in [0.4, 0.5) is 17.1 Å². The summed E-state index contributed by atoms with van der Waals surface area (Å²) in [6.45, 7) is 5.50. The number of rotatable bonds is 4. The van der Waals surface area contributed by atoms with Gasteiger partial charge in [0.25, 0.3) is 5.91 Å². The lowest BCUT2D eigenvalue weighted by Gasteiger charge is -2.20. The largest absolute Gasteiger partial charge is 0.375 e. The van der Waals surface area contributed by atoms with Gasteiger partial charge in [-0.25, -0.2) is 0 Å². The second-order valence-electron chi connectivity index (χ2n) is 7.27. The van der Waals surface area contributed by atoms with Gasteiger partial charge in [0.05, 0.1) is 16.4 Å². The van der Waals surface area contributed by atoms with E-state index in [-0.39, 0.29) is 11.8 Å². The number of carbonyl (C=O) groups is 2. The molecule has 26 heavy (non-hydrogen) atoms. The van der Waals surface area contributed by atoms with E-state index in [0.29, 0.717) is 22.0 Å². The number of nitrogens with zero attached hydrogens (tertiary/aromatic N) is 1. The van der Waals surface area contributed by atoms with Crippen LogP contribution in [0.3, 0.4) is 0 Å². The van der Waals surface area contributed by atoms with E-state index in [1.54, 1.807) is 42.5 Å². The average molecular weight is 374 g/mol. The average Bonchev–Trinajstić information content (AvgIpc) is 2.53. The van der Waals surface area contributed by atoms with Crippen molar-refractivity contribution < 1.29 is 9.59 Å². The van der Waals surface area contributed by atoms with Crippen molar-refractivity contribution in [3.63, 3.8) is 0 Å². The van der Waals surface area contributed by atoms with Crippen LogP contribution in [0.5, 0.6) is 0 Å². The Bertz CT molecular complexity index is 826. The minimum Gasteiger partial charge on any atom is -0.375 e. The van der Waals surface area contributed by atoms with Crippen LogP contribution in [0.25, 0.3) is 0 Å². The maximum absolute atomic E-state index is 12.6. The number of carbonyl (C=O) groups excluding carboxylic acids is 2. The lowest BCUT2D eigenvalue weighted by Crippen LogP contribution is -2.27. The smallest absolute Gasteiger partial charge is 0.255 e. The first-order chi connectivity index (χ1) is 12.1. The van der Waals surface area contributed by atoms with Crippen molar-refractivity contribution >= 4 is 40.5 Å². The second kappa shape index (κ2) is 7.79. The lowest BCUT2D eigenvalue weighted by atomic mass is 9.95. The van der Waals surface area contributed by atoms with Crippen LogP contribution in [-0.2, 0) is 4.79 Å². The standard InChI is InChI=1S/C20H24ClN3O2/c1-20(2,3)19(26)22-14-9-6-8-13(12-14)18(25)23-16-11-7-10-15(21)17(16)24(4)5/h6-12H,1-5H3,(H,22,26)(H,23,25). The molecule has 5 nitrogen and oxygen atoms in total. The van der Waals surface area contributed by atoms with Gasteiger partial charge in [0.2, 0.25) is 5.91 Å². The fraction of sp³-hybridized carbons (Fsp3) is 0.300. The lowest BCUT2D eigenvalue weighted by molar-refractivity contribution is -0.123. The van der Waals surface area contributed by atoms with Crippen molar-refractivity contribution in [3.8, 4) is 0 Å². The molecule has 0 atom stereocenters. The van der Waals surface area contributed by atoms with Crippen molar-refractivity contribution in [2.45, 2.75) is 20.8 Å². The Balaban J connectivity index is 2.23. The first kappa shape index (κ1) is 19.8. The zero-order chi connectivity index (χ0) is 19.5. The number of benzene rings is 2. The number of hydrogen-bond acceptors (Lipinski definition) is 3. The van der Waals surface area contributed by atoms with E-state index in [4.69, 9.17) is 11.6 Å². The molecule has 0 aliphatic heterocycles. The molecule has 0 saturated carbocycles. The maximum atomic E-state index is 12.6. The molecule has 0 aromatic heterocycles. The molecular formula is C20H24ClN3O2. The quantitative estimate of drug-likeness (QED) is 0.820. The van der Waals surface area contributed by atoms with E-state index >= 15 is 0 Å². The van der Waals surface area contributed by atoms with Crippen LogP contribution in [0, 0.1) is 5.41 Å². The van der Waals surface area contributed by atoms with Crippen LogP contribution < -0.4 is 15.5 Å². The van der Waals surface area contributed by atoms with Crippen molar-refractivity contribution in [3.05, 3.63) is 53.1 Å². The molecule has 2 aromatic rings. The molecule has 0 bridgehead atoms. The normalized spacial score (nSPS) is 11.0. The van der Waals surface area contributed by atoms with E-state index in [0.717, 1.165) is 5.69 Å². The molecule has 0 fully saturated rings. The molecule has 0 unspecified atom stereocenters. The number of nitrogens with one attached hydrogen (secondary N) is 2. The summed E-state index contributed by atoms with van der Waals surface area (Å²) in [5.41, 5.74) is 1.87. The molecule has 0 saturated heterocycles. The molecule has 0 spiro atoms. The predicted molar refractivity (Wildman–Crippen MR) is 108 cm³/mol. The van der Waals surface area contributed by atoms with Gasteiger partial charge in [-0.1, -0.05) is 44.5 Å². The van der Waals surface area contributed by atoms with Gasteiger partial charge in [0, 0.05) is 30.8 Å². The van der Waals surface area contributed by atoms with Crippen LogP contribution in [0.1, 0.15) is 31.1 Å². The summed E-state index contributed by atoms with van der Waals surface area (Å²) in [5, 5.41) is 6.27. The van der Waals surface area contributed by atoms with Crippen LogP contribution >= 0.6 is 11.6 Å². The molecule has 6 heteroatoms. The molecule has 0 aliphatic carbocycles. The van der Waals surface area contributed by atoms with Gasteiger partial charge < -0.3 is 15.5 Å². The van der Waals surface area contributed by atoms with E-state index in [9.17, 15) is 9.59 Å². The van der Waals surface area contributed by atoms with E-state index in [1.807, 2.05) is 39.8 Å². The number of hydrogen-bond donors (Lipinski definition) is 2. The SMILES string of the molecule is CN(C)c1c(Cl)cccc1NC(=O)c1cccc(NC(=O)C(C)(C)C)c1. The van der Waals surface area contributed by atoms with Crippen LogP contribution in [0.2, 0.25) is 5.02 Å². The number of anilines is 3. The summed E-state index contributed by atoms with van der Waals surface area (Å²) < 4.78 is 0. The predicted octanol–water partition coefficient (Wildman–Crippen LogP) is 4.64. The Morgan fingerprint density at radius 2 is 1.65 bits per heavy atom. The molecular weight excluding hydrogens is 350 g/mol. The van der Waals surface area contributed by atoms with Crippen molar-refractivity contribution in [2.75, 3.05) is 29.6 Å². The van der Waals surface area contributed by atoms with E-state index < -0.39 is 5.41 Å². The van der Waals surface area contributed by atoms with Gasteiger partial charge in [0.15, 0.2) is 0 Å². The van der Waals surface area contributed by atoms with E-state index in [2.05, 4.69) is 10.6 Å². The fourth-order valence-corrected chi connectivity index (χ4v) is 2.67. The number of halogens is 1. The van der Waals surface area contributed by atoms with Crippen molar-refractivity contribution in [1.29, 1.82) is 0 Å². The molecule has 2 amide bonds.